The van der Waals surface area contributed by atoms with Crippen molar-refractivity contribution in [1.29, 1.82) is 0 Å². The number of nitrogens with zero attached hydrogens (tertiary/aromatic N) is 1. The standard InChI is InChI=1S/C9H14N2O2S2/c1-15(12,13)6-9-11-8(5-14-9)7-3-2-4-10-7/h5,7,10H,2-4,6H2,1H3/t7-/m1/s1. The van der Waals surface area contributed by atoms with E-state index in [0.717, 1.165) is 18.7 Å². The summed E-state index contributed by atoms with van der Waals surface area (Å²) in [5, 5.41) is 6.00. The molecule has 1 N–H and O–H groups in total. The van der Waals surface area contributed by atoms with Crippen LogP contribution in [0.1, 0.15) is 29.6 Å². The number of aromatic nitrogens is 1. The Morgan fingerprint density at radius 3 is 3.07 bits per heavy atom. The van der Waals surface area contributed by atoms with Crippen molar-refractivity contribution in [2.75, 3.05) is 12.8 Å². The number of rotatable bonds is 3. The number of hydrogen-bond acceptors (Lipinski definition) is 5. The van der Waals surface area contributed by atoms with E-state index >= 15 is 0 Å². The van der Waals surface area contributed by atoms with Crippen LogP contribution < -0.4 is 5.32 Å². The zero-order valence-electron chi connectivity index (χ0n) is 8.56. The van der Waals surface area contributed by atoms with Gasteiger partial charge in [0.05, 0.1) is 11.7 Å². The third-order valence-electron chi connectivity index (χ3n) is 2.37. The highest BCUT2D eigenvalue weighted by molar-refractivity contribution is 7.90. The zero-order valence-corrected chi connectivity index (χ0v) is 10.2. The largest absolute Gasteiger partial charge is 0.309 e. The van der Waals surface area contributed by atoms with Crippen molar-refractivity contribution in [2.45, 2.75) is 24.6 Å². The quantitative estimate of drug-likeness (QED) is 0.868. The molecule has 0 spiro atoms. The van der Waals surface area contributed by atoms with Gasteiger partial charge < -0.3 is 5.32 Å². The molecule has 0 unspecified atom stereocenters. The van der Waals surface area contributed by atoms with E-state index in [0.29, 0.717) is 11.0 Å². The topological polar surface area (TPSA) is 59.1 Å². The van der Waals surface area contributed by atoms with Crippen LogP contribution in [0.5, 0.6) is 0 Å². The minimum absolute atomic E-state index is 0.0599. The van der Waals surface area contributed by atoms with Crippen LogP contribution in [0.25, 0.3) is 0 Å². The fourth-order valence-electron chi connectivity index (χ4n) is 1.71. The first-order valence-electron chi connectivity index (χ1n) is 4.90. The zero-order chi connectivity index (χ0) is 10.9. The monoisotopic (exact) mass is 246 g/mol. The van der Waals surface area contributed by atoms with Gasteiger partial charge in [0.2, 0.25) is 0 Å². The Morgan fingerprint density at radius 2 is 2.47 bits per heavy atom. The molecule has 15 heavy (non-hydrogen) atoms. The van der Waals surface area contributed by atoms with Crippen LogP contribution in [-0.2, 0) is 15.6 Å². The molecular weight excluding hydrogens is 232 g/mol. The number of thiazole rings is 1. The van der Waals surface area contributed by atoms with Crippen molar-refractivity contribution in [3.63, 3.8) is 0 Å². The van der Waals surface area contributed by atoms with Gasteiger partial charge in [-0.1, -0.05) is 0 Å². The van der Waals surface area contributed by atoms with Crippen LogP contribution in [0.2, 0.25) is 0 Å². The van der Waals surface area contributed by atoms with E-state index in [2.05, 4.69) is 10.3 Å². The second-order valence-electron chi connectivity index (χ2n) is 3.89. The van der Waals surface area contributed by atoms with Crippen LogP contribution in [0.4, 0.5) is 0 Å². The molecule has 0 aliphatic carbocycles. The lowest BCUT2D eigenvalue weighted by atomic mass is 10.2. The second kappa shape index (κ2) is 4.19. The van der Waals surface area contributed by atoms with Gasteiger partial charge in [-0.3, -0.25) is 0 Å². The van der Waals surface area contributed by atoms with Gasteiger partial charge >= 0.3 is 0 Å². The predicted octanol–water partition coefficient (Wildman–Crippen LogP) is 1.11. The van der Waals surface area contributed by atoms with Gasteiger partial charge in [-0.25, -0.2) is 13.4 Å². The van der Waals surface area contributed by atoms with Gasteiger partial charge in [0, 0.05) is 11.6 Å². The average molecular weight is 246 g/mol. The Balaban J connectivity index is 2.10. The average Bonchev–Trinajstić information content (AvgIpc) is 2.68. The van der Waals surface area contributed by atoms with E-state index in [9.17, 15) is 8.42 Å². The summed E-state index contributed by atoms with van der Waals surface area (Å²) >= 11 is 1.43. The van der Waals surface area contributed by atoms with E-state index in [1.54, 1.807) is 0 Å². The molecule has 0 aromatic carbocycles. The lowest BCUT2D eigenvalue weighted by Gasteiger charge is -2.04. The molecule has 2 heterocycles. The van der Waals surface area contributed by atoms with Crippen molar-refractivity contribution in [3.05, 3.63) is 16.1 Å². The lowest BCUT2D eigenvalue weighted by molar-refractivity contribution is 0.600. The molecule has 6 heteroatoms. The molecule has 0 bridgehead atoms. The summed E-state index contributed by atoms with van der Waals surface area (Å²) in [5.41, 5.74) is 0.996. The molecule has 1 aromatic heterocycles. The lowest BCUT2D eigenvalue weighted by Crippen LogP contribution is -2.13. The SMILES string of the molecule is CS(=O)(=O)Cc1nc([C@H]2CCCN2)cs1. The summed E-state index contributed by atoms with van der Waals surface area (Å²) in [5.74, 6) is 0.0599. The van der Waals surface area contributed by atoms with Crippen molar-refractivity contribution in [2.24, 2.45) is 0 Å². The van der Waals surface area contributed by atoms with Crippen LogP contribution in [0, 0.1) is 0 Å². The number of sulfone groups is 1. The van der Waals surface area contributed by atoms with Crippen LogP contribution >= 0.6 is 11.3 Å². The third kappa shape index (κ3) is 2.99. The minimum Gasteiger partial charge on any atom is -0.309 e. The first kappa shape index (κ1) is 11.0. The Labute approximate surface area is 93.7 Å². The van der Waals surface area contributed by atoms with Crippen molar-refractivity contribution in [3.8, 4) is 0 Å². The van der Waals surface area contributed by atoms with Gasteiger partial charge in [0.25, 0.3) is 0 Å². The maximum atomic E-state index is 11.1. The molecule has 1 atom stereocenters. The molecule has 0 radical (unpaired) electrons. The van der Waals surface area contributed by atoms with E-state index in [-0.39, 0.29) is 5.75 Å². The molecule has 84 valence electrons. The molecule has 1 aromatic rings. The summed E-state index contributed by atoms with van der Waals surface area (Å²) in [4.78, 5) is 4.35. The van der Waals surface area contributed by atoms with Crippen molar-refractivity contribution >= 4 is 21.2 Å². The maximum absolute atomic E-state index is 11.1. The van der Waals surface area contributed by atoms with Crippen LogP contribution in [0.3, 0.4) is 0 Å². The van der Waals surface area contributed by atoms with E-state index < -0.39 is 9.84 Å². The maximum Gasteiger partial charge on any atom is 0.153 e. The van der Waals surface area contributed by atoms with Gasteiger partial charge in [-0.05, 0) is 19.4 Å². The van der Waals surface area contributed by atoms with Gasteiger partial charge in [0.15, 0.2) is 9.84 Å². The van der Waals surface area contributed by atoms with E-state index in [4.69, 9.17) is 0 Å². The molecule has 1 saturated heterocycles. The number of nitrogens with one attached hydrogen (secondary N) is 1. The highest BCUT2D eigenvalue weighted by Gasteiger charge is 2.19. The highest BCUT2D eigenvalue weighted by Crippen LogP contribution is 2.24. The second-order valence-corrected chi connectivity index (χ2v) is 6.97. The molecule has 1 aliphatic rings. The third-order valence-corrected chi connectivity index (χ3v) is 4.22. The normalized spacial score (nSPS) is 22.1. The molecule has 0 saturated carbocycles. The minimum atomic E-state index is -2.96. The molecule has 2 rings (SSSR count). The molecular formula is C9H14N2O2S2. The number of hydrogen-bond donors (Lipinski definition) is 1. The Kier molecular flexibility index (Phi) is 3.08. The van der Waals surface area contributed by atoms with Gasteiger partial charge in [-0.2, -0.15) is 0 Å². The van der Waals surface area contributed by atoms with Crippen LogP contribution in [-0.4, -0.2) is 26.2 Å². The summed E-state index contributed by atoms with van der Waals surface area (Å²) < 4.78 is 22.2. The smallest absolute Gasteiger partial charge is 0.153 e. The first-order chi connectivity index (χ1) is 7.04. The Hall–Kier alpha value is -0.460. The summed E-state index contributed by atoms with van der Waals surface area (Å²) in [6.07, 6.45) is 3.51. The predicted molar refractivity (Wildman–Crippen MR) is 60.6 cm³/mol. The Bertz CT molecular complexity index is 433. The van der Waals surface area contributed by atoms with Crippen molar-refractivity contribution in [1.82, 2.24) is 10.3 Å². The first-order valence-corrected chi connectivity index (χ1v) is 7.84. The van der Waals surface area contributed by atoms with E-state index in [1.165, 1.54) is 24.0 Å². The van der Waals surface area contributed by atoms with Gasteiger partial charge in [0.1, 0.15) is 10.8 Å². The molecule has 4 nitrogen and oxygen atoms in total. The van der Waals surface area contributed by atoms with Crippen molar-refractivity contribution < 1.29 is 8.42 Å². The fraction of sp³-hybridized carbons (Fsp3) is 0.667. The van der Waals surface area contributed by atoms with Gasteiger partial charge in [-0.15, -0.1) is 11.3 Å². The van der Waals surface area contributed by atoms with Crippen LogP contribution in [0.15, 0.2) is 5.38 Å². The molecule has 0 amide bonds. The molecule has 1 fully saturated rings. The highest BCUT2D eigenvalue weighted by atomic mass is 32.2. The van der Waals surface area contributed by atoms with E-state index in [1.807, 2.05) is 5.38 Å². The summed E-state index contributed by atoms with van der Waals surface area (Å²) in [6, 6.07) is 0.328. The Morgan fingerprint density at radius 1 is 1.67 bits per heavy atom. The summed E-state index contributed by atoms with van der Waals surface area (Å²) in [7, 11) is -2.96. The molecule has 1 aliphatic heterocycles. The fourth-order valence-corrected chi connectivity index (χ4v) is 3.77. The summed E-state index contributed by atoms with van der Waals surface area (Å²) in [6.45, 7) is 1.03.